The SMILES string of the molecule is C=C1NC2=C(C(=O)CC(c3ccc(Cl)cc3)C2)C(c2cc3c(cc2Br)OCO3)C1C#N. The number of ether oxygens (including phenoxy) is 2. The maximum atomic E-state index is 13.4. The van der Waals surface area contributed by atoms with Gasteiger partial charge in [0.1, 0.15) is 0 Å². The predicted molar refractivity (Wildman–Crippen MR) is 120 cm³/mol. The van der Waals surface area contributed by atoms with Crippen molar-refractivity contribution in [2.75, 3.05) is 6.79 Å². The van der Waals surface area contributed by atoms with Crippen LogP contribution < -0.4 is 14.8 Å². The number of nitrogens with zero attached hydrogens (tertiary/aromatic N) is 1. The minimum atomic E-state index is -0.577. The van der Waals surface area contributed by atoms with Gasteiger partial charge in [0.25, 0.3) is 0 Å². The van der Waals surface area contributed by atoms with Gasteiger partial charge in [-0.05, 0) is 47.7 Å². The lowest BCUT2D eigenvalue weighted by Crippen LogP contribution is -2.38. The Labute approximate surface area is 193 Å². The number of carbonyl (C=O) groups is 1. The molecule has 0 amide bonds. The van der Waals surface area contributed by atoms with Gasteiger partial charge >= 0.3 is 0 Å². The number of hydrogen-bond acceptors (Lipinski definition) is 5. The van der Waals surface area contributed by atoms with Gasteiger partial charge in [0.15, 0.2) is 17.3 Å². The quantitative estimate of drug-likeness (QED) is 0.587. The molecular formula is C24H18BrClN2O3. The molecule has 3 unspecified atom stereocenters. The fraction of sp³-hybridized carbons (Fsp3) is 0.250. The Balaban J connectivity index is 1.60. The number of Topliss-reactive ketones (excluding diaryl/α,β-unsaturated/α-hetero) is 1. The van der Waals surface area contributed by atoms with Crippen molar-refractivity contribution in [2.45, 2.75) is 24.7 Å². The van der Waals surface area contributed by atoms with Crippen molar-refractivity contribution in [3.63, 3.8) is 0 Å². The molecular weight excluding hydrogens is 480 g/mol. The Morgan fingerprint density at radius 1 is 1.16 bits per heavy atom. The normalized spacial score (nSPS) is 24.5. The van der Waals surface area contributed by atoms with Crippen molar-refractivity contribution in [1.82, 2.24) is 5.32 Å². The summed E-state index contributed by atoms with van der Waals surface area (Å²) < 4.78 is 11.8. The molecule has 2 heterocycles. The van der Waals surface area contributed by atoms with Gasteiger partial charge in [-0.25, -0.2) is 0 Å². The number of fused-ring (bicyclic) bond motifs is 1. The summed E-state index contributed by atoms with van der Waals surface area (Å²) in [4.78, 5) is 13.4. The number of halogens is 2. The topological polar surface area (TPSA) is 71.3 Å². The first-order chi connectivity index (χ1) is 15.0. The molecule has 1 aliphatic carbocycles. The molecule has 3 atom stereocenters. The highest BCUT2D eigenvalue weighted by molar-refractivity contribution is 9.10. The zero-order valence-corrected chi connectivity index (χ0v) is 18.8. The van der Waals surface area contributed by atoms with E-state index in [-0.39, 0.29) is 18.5 Å². The zero-order valence-electron chi connectivity index (χ0n) is 16.5. The van der Waals surface area contributed by atoms with E-state index in [1.54, 1.807) is 0 Å². The van der Waals surface area contributed by atoms with Crippen LogP contribution in [0.1, 0.15) is 35.8 Å². The molecule has 3 aliphatic rings. The summed E-state index contributed by atoms with van der Waals surface area (Å²) in [5, 5.41) is 13.9. The smallest absolute Gasteiger partial charge is 0.231 e. The average molecular weight is 498 g/mol. The van der Waals surface area contributed by atoms with Crippen LogP contribution in [-0.2, 0) is 4.79 Å². The highest BCUT2D eigenvalue weighted by Gasteiger charge is 2.43. The van der Waals surface area contributed by atoms with E-state index in [0.717, 1.165) is 21.3 Å². The maximum Gasteiger partial charge on any atom is 0.231 e. The van der Waals surface area contributed by atoms with E-state index in [1.165, 1.54) is 0 Å². The second-order valence-electron chi connectivity index (χ2n) is 7.93. The third kappa shape index (κ3) is 3.42. The van der Waals surface area contributed by atoms with Crippen LogP contribution in [0, 0.1) is 17.2 Å². The molecule has 2 aliphatic heterocycles. The summed E-state index contributed by atoms with van der Waals surface area (Å²) in [6.07, 6.45) is 1.05. The van der Waals surface area contributed by atoms with E-state index >= 15 is 0 Å². The largest absolute Gasteiger partial charge is 0.454 e. The van der Waals surface area contributed by atoms with Crippen LogP contribution in [0.5, 0.6) is 11.5 Å². The first-order valence-electron chi connectivity index (χ1n) is 9.92. The molecule has 5 rings (SSSR count). The average Bonchev–Trinajstić information content (AvgIpc) is 3.19. The maximum absolute atomic E-state index is 13.4. The van der Waals surface area contributed by atoms with E-state index in [2.05, 4.69) is 33.9 Å². The van der Waals surface area contributed by atoms with Crippen LogP contribution in [0.15, 0.2) is 64.4 Å². The molecule has 0 bridgehead atoms. The molecule has 0 spiro atoms. The number of benzene rings is 2. The van der Waals surface area contributed by atoms with Gasteiger partial charge in [-0.2, -0.15) is 5.26 Å². The lowest BCUT2D eigenvalue weighted by Gasteiger charge is -2.39. The molecule has 156 valence electrons. The zero-order chi connectivity index (χ0) is 21.7. The Kier molecular flexibility index (Phi) is 5.04. The molecule has 0 radical (unpaired) electrons. The molecule has 5 nitrogen and oxygen atoms in total. The number of nitriles is 1. The predicted octanol–water partition coefficient (Wildman–Crippen LogP) is 5.57. The molecule has 0 aromatic heterocycles. The van der Waals surface area contributed by atoms with Crippen LogP contribution >= 0.6 is 27.5 Å². The Morgan fingerprint density at radius 3 is 2.58 bits per heavy atom. The summed E-state index contributed by atoms with van der Waals surface area (Å²) in [6.45, 7) is 4.26. The first-order valence-corrected chi connectivity index (χ1v) is 11.1. The van der Waals surface area contributed by atoms with Crippen molar-refractivity contribution < 1.29 is 14.3 Å². The third-order valence-corrected chi connectivity index (χ3v) is 7.09. The fourth-order valence-corrected chi connectivity index (χ4v) is 5.37. The minimum absolute atomic E-state index is 0.0380. The standard InChI is InChI=1S/C24H18BrClN2O3/c1-12-17(10-27)23(16-8-21-22(9-18(16)25)31-11-30-21)24-19(28-12)6-14(7-20(24)29)13-2-4-15(26)5-3-13/h2-5,8-9,14,17,23,28H,1,6-7,11H2. The van der Waals surface area contributed by atoms with Crippen molar-refractivity contribution >= 4 is 33.3 Å². The molecule has 1 N–H and O–H groups in total. The first kappa shape index (κ1) is 20.2. The molecule has 0 saturated carbocycles. The molecule has 2 aromatic rings. The summed E-state index contributed by atoms with van der Waals surface area (Å²) in [5.74, 6) is 0.328. The Bertz CT molecular complexity index is 1180. The van der Waals surface area contributed by atoms with Crippen molar-refractivity contribution in [3.8, 4) is 17.6 Å². The number of ketones is 1. The number of nitrogens with one attached hydrogen (secondary N) is 1. The van der Waals surface area contributed by atoms with Gasteiger partial charge in [0, 0.05) is 38.8 Å². The van der Waals surface area contributed by atoms with Crippen molar-refractivity contribution in [2.24, 2.45) is 5.92 Å². The van der Waals surface area contributed by atoms with Crippen LogP contribution in [-0.4, -0.2) is 12.6 Å². The fourth-order valence-electron chi connectivity index (χ4n) is 4.68. The summed E-state index contributed by atoms with van der Waals surface area (Å²) in [6, 6.07) is 13.7. The van der Waals surface area contributed by atoms with E-state index in [1.807, 2.05) is 36.4 Å². The lowest BCUT2D eigenvalue weighted by molar-refractivity contribution is -0.116. The van der Waals surface area contributed by atoms with E-state index < -0.39 is 11.8 Å². The van der Waals surface area contributed by atoms with E-state index in [4.69, 9.17) is 21.1 Å². The number of allylic oxidation sites excluding steroid dienone is 3. The van der Waals surface area contributed by atoms with Crippen molar-refractivity contribution in [3.05, 3.63) is 80.6 Å². The molecule has 7 heteroatoms. The molecule has 0 saturated heterocycles. The second kappa shape index (κ2) is 7.74. The van der Waals surface area contributed by atoms with E-state index in [0.29, 0.717) is 40.6 Å². The third-order valence-electron chi connectivity index (χ3n) is 6.15. The van der Waals surface area contributed by atoms with Crippen LogP contribution in [0.3, 0.4) is 0 Å². The highest BCUT2D eigenvalue weighted by atomic mass is 79.9. The summed E-state index contributed by atoms with van der Waals surface area (Å²) >= 11 is 9.64. The number of rotatable bonds is 2. The van der Waals surface area contributed by atoms with Gasteiger partial charge < -0.3 is 14.8 Å². The van der Waals surface area contributed by atoms with Crippen LogP contribution in [0.25, 0.3) is 0 Å². The van der Waals surface area contributed by atoms with Gasteiger partial charge in [-0.15, -0.1) is 0 Å². The Hall–Kier alpha value is -2.75. The summed E-state index contributed by atoms with van der Waals surface area (Å²) in [7, 11) is 0. The van der Waals surface area contributed by atoms with Gasteiger partial charge in [-0.1, -0.05) is 46.2 Å². The molecule has 2 aromatic carbocycles. The van der Waals surface area contributed by atoms with Gasteiger partial charge in [-0.3, -0.25) is 4.79 Å². The monoisotopic (exact) mass is 496 g/mol. The Morgan fingerprint density at radius 2 is 1.87 bits per heavy atom. The minimum Gasteiger partial charge on any atom is -0.454 e. The van der Waals surface area contributed by atoms with Gasteiger partial charge in [0.2, 0.25) is 6.79 Å². The molecule has 0 fully saturated rings. The van der Waals surface area contributed by atoms with Crippen molar-refractivity contribution in [1.29, 1.82) is 5.26 Å². The summed E-state index contributed by atoms with van der Waals surface area (Å²) in [5.41, 5.74) is 3.98. The van der Waals surface area contributed by atoms with Crippen LogP contribution in [0.2, 0.25) is 5.02 Å². The highest BCUT2D eigenvalue weighted by Crippen LogP contribution is 2.50. The second-order valence-corrected chi connectivity index (χ2v) is 9.22. The molecule has 31 heavy (non-hydrogen) atoms. The van der Waals surface area contributed by atoms with Crippen LogP contribution in [0.4, 0.5) is 0 Å². The van der Waals surface area contributed by atoms with E-state index in [9.17, 15) is 10.1 Å². The number of carbonyl (C=O) groups excluding carboxylic acids is 1. The number of hydrogen-bond donors (Lipinski definition) is 1. The van der Waals surface area contributed by atoms with Gasteiger partial charge in [0.05, 0.1) is 12.0 Å². The lowest BCUT2D eigenvalue weighted by atomic mass is 9.69.